The first-order valence-corrected chi connectivity index (χ1v) is 17.1. The van der Waals surface area contributed by atoms with Crippen LogP contribution in [0.15, 0.2) is 6.33 Å². The van der Waals surface area contributed by atoms with Crippen LogP contribution in [0.5, 0.6) is 5.88 Å². The van der Waals surface area contributed by atoms with Gasteiger partial charge in [0.2, 0.25) is 16.9 Å². The summed E-state index contributed by atoms with van der Waals surface area (Å²) in [4.78, 5) is 24.6. The summed E-state index contributed by atoms with van der Waals surface area (Å²) in [7, 11) is -2.66. The molecule has 1 saturated carbocycles. The normalized spacial score (nSPS) is 27.1. The van der Waals surface area contributed by atoms with Gasteiger partial charge in [0.05, 0.1) is 38.2 Å². The summed E-state index contributed by atoms with van der Waals surface area (Å²) >= 11 is 9.50. The Hall–Kier alpha value is -1.95. The summed E-state index contributed by atoms with van der Waals surface area (Å²) in [6, 6.07) is -1.56. The standard InChI is InChI=1S/C26H42N7O8PS2/c1-5-15(22(35)43)31-42(37,32-16(6-2)23(44)40-14-10-8-7-9-11-14)39-12-17-19(34)26(3,36)24(41-17)33-13-28-18-20(33)29-25(27)30-21(18)38-4/h13-17,19,24,34,36H,5-12H2,1-4H3,(H,35,43)(H2,27,29,30)(H2,31,32,37)/t15-,16-,17+,19+,24+,26+,42?/m0/s1. The van der Waals surface area contributed by atoms with Crippen LogP contribution in [0.2, 0.25) is 0 Å². The Labute approximate surface area is 266 Å². The predicted octanol–water partition coefficient (Wildman–Crippen LogP) is 2.42. The van der Waals surface area contributed by atoms with Crippen molar-refractivity contribution in [3.63, 3.8) is 0 Å². The van der Waals surface area contributed by atoms with Gasteiger partial charge in [0.1, 0.15) is 17.8 Å². The summed E-state index contributed by atoms with van der Waals surface area (Å²) in [5, 5.41) is 27.9. The molecule has 2 aromatic heterocycles. The Kier molecular flexibility index (Phi) is 11.6. The summed E-state index contributed by atoms with van der Waals surface area (Å²) in [5.74, 6) is 0.0369. The minimum Gasteiger partial charge on any atom is -0.482 e. The Bertz CT molecular complexity index is 1380. The quantitative estimate of drug-likeness (QED) is 0.0966. The highest BCUT2D eigenvalue weighted by Gasteiger charge is 2.54. The zero-order chi connectivity index (χ0) is 32.2. The Morgan fingerprint density at radius 1 is 1.27 bits per heavy atom. The minimum absolute atomic E-state index is 0.0104. The Balaban J connectivity index is 1.54. The van der Waals surface area contributed by atoms with Crippen molar-refractivity contribution in [1.82, 2.24) is 29.7 Å². The SMILES string of the molecule is CC[C@H](NP(=O)(N[C@@H](CC)C(=S)OC1CCCCC1)OC[C@H]1O[C@@H](n2cnc3c(OC)nc(N)nc32)[C@](C)(O)[C@@H]1O)C(=O)S. The number of aliphatic hydroxyl groups excluding tert-OH is 1. The first-order chi connectivity index (χ1) is 20.8. The van der Waals surface area contributed by atoms with Gasteiger partial charge in [0.25, 0.3) is 0 Å². The van der Waals surface area contributed by atoms with Crippen LogP contribution in [0.25, 0.3) is 11.2 Å². The topological polar surface area (TPSA) is 205 Å². The molecule has 7 atom stereocenters. The number of methoxy groups -OCH3 is 1. The molecule has 2 fully saturated rings. The molecule has 44 heavy (non-hydrogen) atoms. The maximum absolute atomic E-state index is 14.3. The molecule has 246 valence electrons. The number of hydrogen-bond donors (Lipinski definition) is 6. The molecular formula is C26H42N7O8PS2. The van der Waals surface area contributed by atoms with Crippen LogP contribution in [-0.4, -0.2) is 89.6 Å². The van der Waals surface area contributed by atoms with E-state index in [-0.39, 0.29) is 40.6 Å². The summed E-state index contributed by atoms with van der Waals surface area (Å²) in [6.07, 6.45) is 3.24. The number of nitrogens with two attached hydrogens (primary N) is 1. The maximum Gasteiger partial charge on any atom is 0.342 e. The van der Waals surface area contributed by atoms with Gasteiger partial charge in [-0.25, -0.2) is 15.2 Å². The third kappa shape index (κ3) is 7.70. The molecule has 15 nitrogen and oxygen atoms in total. The van der Waals surface area contributed by atoms with Crippen molar-refractivity contribution in [2.24, 2.45) is 0 Å². The Morgan fingerprint density at radius 3 is 2.55 bits per heavy atom. The van der Waals surface area contributed by atoms with E-state index in [4.69, 9.17) is 36.7 Å². The maximum atomic E-state index is 14.3. The third-order valence-electron chi connectivity index (χ3n) is 7.91. The number of carbonyl (C=O) groups excluding carboxylic acids is 1. The van der Waals surface area contributed by atoms with Crippen LogP contribution < -0.4 is 20.6 Å². The van der Waals surface area contributed by atoms with E-state index in [2.05, 4.69) is 37.8 Å². The molecule has 2 aromatic rings. The van der Waals surface area contributed by atoms with Crippen molar-refractivity contribution < 1.29 is 38.3 Å². The van der Waals surface area contributed by atoms with Crippen molar-refractivity contribution in [3.05, 3.63) is 6.33 Å². The van der Waals surface area contributed by atoms with Crippen molar-refractivity contribution in [2.45, 2.75) is 108 Å². The van der Waals surface area contributed by atoms with E-state index in [9.17, 15) is 19.6 Å². The van der Waals surface area contributed by atoms with Gasteiger partial charge in [-0.3, -0.25) is 13.9 Å². The average molecular weight is 676 g/mol. The van der Waals surface area contributed by atoms with E-state index < -0.39 is 55.5 Å². The molecule has 0 radical (unpaired) electrons. The van der Waals surface area contributed by atoms with Crippen LogP contribution in [0.1, 0.15) is 71.9 Å². The highest BCUT2D eigenvalue weighted by molar-refractivity contribution is 7.96. The number of nitrogens with zero attached hydrogens (tertiary/aromatic N) is 4. The fourth-order valence-corrected chi connectivity index (χ4v) is 8.16. The number of hydrogen-bond acceptors (Lipinski definition) is 13. The first kappa shape index (κ1) is 34.9. The number of imidazole rings is 1. The zero-order valence-electron chi connectivity index (χ0n) is 25.2. The van der Waals surface area contributed by atoms with Crippen molar-refractivity contribution >= 4 is 59.8 Å². The lowest BCUT2D eigenvalue weighted by molar-refractivity contribution is -0.112. The van der Waals surface area contributed by atoms with Gasteiger partial charge in [-0.05, 0) is 57.7 Å². The number of carbonyl (C=O) groups is 1. The first-order valence-electron chi connectivity index (χ1n) is 14.7. The second-order valence-corrected chi connectivity index (χ2v) is 13.9. The molecule has 1 saturated heterocycles. The molecule has 1 aliphatic carbocycles. The molecule has 4 rings (SSSR count). The van der Waals surface area contributed by atoms with E-state index >= 15 is 0 Å². The number of aliphatic hydroxyl groups is 2. The van der Waals surface area contributed by atoms with Crippen molar-refractivity contribution in [3.8, 4) is 5.88 Å². The fourth-order valence-electron chi connectivity index (χ4n) is 5.36. The van der Waals surface area contributed by atoms with Gasteiger partial charge in [-0.15, -0.1) is 12.6 Å². The Morgan fingerprint density at radius 2 is 1.93 bits per heavy atom. The van der Waals surface area contributed by atoms with Gasteiger partial charge in [0, 0.05) is 0 Å². The number of rotatable bonds is 14. The monoisotopic (exact) mass is 675 g/mol. The number of aromatic nitrogens is 4. The molecular weight excluding hydrogens is 633 g/mol. The van der Waals surface area contributed by atoms with E-state index in [1.807, 2.05) is 6.92 Å². The van der Waals surface area contributed by atoms with E-state index in [1.54, 1.807) is 6.92 Å². The summed E-state index contributed by atoms with van der Waals surface area (Å²) in [6.45, 7) is 4.53. The molecule has 2 aliphatic rings. The fraction of sp³-hybridized carbons (Fsp3) is 0.731. The molecule has 3 heterocycles. The van der Waals surface area contributed by atoms with Gasteiger partial charge in [-0.2, -0.15) is 9.97 Å². The number of thiol groups is 1. The summed E-state index contributed by atoms with van der Waals surface area (Å²) in [5.41, 5.74) is 4.44. The van der Waals surface area contributed by atoms with Gasteiger partial charge in [0.15, 0.2) is 22.4 Å². The number of anilines is 1. The smallest absolute Gasteiger partial charge is 0.342 e. The molecule has 18 heteroatoms. The van der Waals surface area contributed by atoms with Crippen molar-refractivity contribution in [1.29, 1.82) is 0 Å². The highest BCUT2D eigenvalue weighted by Crippen LogP contribution is 2.44. The molecule has 0 aromatic carbocycles. The third-order valence-corrected chi connectivity index (χ3v) is 10.4. The molecule has 6 N–H and O–H groups in total. The van der Waals surface area contributed by atoms with Crippen LogP contribution in [-0.2, 0) is 23.4 Å². The van der Waals surface area contributed by atoms with Crippen LogP contribution in [0, 0.1) is 0 Å². The van der Waals surface area contributed by atoms with Crippen molar-refractivity contribution in [2.75, 3.05) is 19.5 Å². The molecule has 1 unspecified atom stereocenters. The lowest BCUT2D eigenvalue weighted by atomic mass is 9.96. The number of nitrogens with one attached hydrogen (secondary N) is 2. The summed E-state index contributed by atoms with van der Waals surface area (Å²) < 4.78 is 38.9. The average Bonchev–Trinajstić information content (AvgIpc) is 3.50. The largest absolute Gasteiger partial charge is 0.482 e. The van der Waals surface area contributed by atoms with Crippen LogP contribution in [0.3, 0.4) is 0 Å². The van der Waals surface area contributed by atoms with Crippen LogP contribution in [0.4, 0.5) is 5.95 Å². The second kappa shape index (κ2) is 14.6. The second-order valence-electron chi connectivity index (χ2n) is 11.2. The molecule has 1 aliphatic heterocycles. The van der Waals surface area contributed by atoms with E-state index in [0.29, 0.717) is 6.42 Å². The number of thiocarbonyl (C=S) groups is 1. The zero-order valence-corrected chi connectivity index (χ0v) is 27.8. The van der Waals surface area contributed by atoms with E-state index in [1.165, 1.54) is 24.9 Å². The highest BCUT2D eigenvalue weighted by atomic mass is 32.1. The predicted molar refractivity (Wildman–Crippen MR) is 169 cm³/mol. The van der Waals surface area contributed by atoms with Gasteiger partial charge >= 0.3 is 7.67 Å². The lowest BCUT2D eigenvalue weighted by Gasteiger charge is -2.31. The van der Waals surface area contributed by atoms with Gasteiger partial charge in [-0.1, -0.05) is 20.3 Å². The molecule has 0 bridgehead atoms. The van der Waals surface area contributed by atoms with Crippen LogP contribution >= 0.6 is 32.5 Å². The minimum atomic E-state index is -4.07. The molecule has 0 spiro atoms. The number of fused-ring (bicyclic) bond motifs is 1. The number of ether oxygens (including phenoxy) is 3. The number of nitrogen functional groups attached to an aromatic ring is 1. The molecule has 0 amide bonds. The lowest BCUT2D eigenvalue weighted by Crippen LogP contribution is -2.46. The van der Waals surface area contributed by atoms with E-state index in [0.717, 1.165) is 32.1 Å². The van der Waals surface area contributed by atoms with Gasteiger partial charge < -0.3 is 34.7 Å².